The van der Waals surface area contributed by atoms with Gasteiger partial charge in [-0.2, -0.15) is 0 Å². The molecule has 1 aliphatic carbocycles. The molecule has 1 saturated carbocycles. The van der Waals surface area contributed by atoms with Crippen LogP contribution in [0.25, 0.3) is 0 Å². The van der Waals surface area contributed by atoms with E-state index in [9.17, 15) is 14.4 Å². The zero-order valence-electron chi connectivity index (χ0n) is 16.1. The van der Waals surface area contributed by atoms with Gasteiger partial charge in [-0.25, -0.2) is 4.79 Å². The van der Waals surface area contributed by atoms with Gasteiger partial charge in [0, 0.05) is 25.2 Å². The van der Waals surface area contributed by atoms with Gasteiger partial charge in [-0.05, 0) is 59.3 Å². The summed E-state index contributed by atoms with van der Waals surface area (Å²) in [6.45, 7) is 6.49. The minimum atomic E-state index is -0.604. The molecule has 0 aromatic heterocycles. The van der Waals surface area contributed by atoms with E-state index < -0.39 is 11.7 Å². The highest BCUT2D eigenvalue weighted by atomic mass is 16.6. The van der Waals surface area contributed by atoms with Crippen molar-refractivity contribution >= 4 is 17.9 Å². The number of nitrogens with zero attached hydrogens (tertiary/aromatic N) is 1. The third kappa shape index (κ3) is 7.06. The lowest BCUT2D eigenvalue weighted by Crippen LogP contribution is -2.48. The molecule has 0 spiro atoms. The number of allylic oxidation sites excluding steroid dienone is 1. The number of amides is 3. The second-order valence-corrected chi connectivity index (χ2v) is 8.03. The van der Waals surface area contributed by atoms with Crippen molar-refractivity contribution in [2.45, 2.75) is 70.9 Å². The van der Waals surface area contributed by atoms with Gasteiger partial charge in [0.15, 0.2) is 0 Å². The van der Waals surface area contributed by atoms with E-state index in [0.717, 1.165) is 25.7 Å². The Bertz CT molecular complexity index is 550. The Labute approximate surface area is 155 Å². The maximum Gasteiger partial charge on any atom is 0.408 e. The summed E-state index contributed by atoms with van der Waals surface area (Å²) in [6, 6.07) is 0.0334. The van der Waals surface area contributed by atoms with Crippen LogP contribution in [0, 0.1) is 0 Å². The maximum atomic E-state index is 12.3. The van der Waals surface area contributed by atoms with Gasteiger partial charge in [-0.15, -0.1) is 0 Å². The number of carbonyl (C=O) groups is 3. The highest BCUT2D eigenvalue weighted by Crippen LogP contribution is 2.24. The number of piperidine rings is 1. The largest absolute Gasteiger partial charge is 0.444 e. The molecule has 0 unspecified atom stereocenters. The van der Waals surface area contributed by atoms with Crippen molar-refractivity contribution < 1.29 is 19.1 Å². The molecular weight excluding hydrogens is 334 g/mol. The number of hydrogen-bond donors (Lipinski definition) is 2. The number of carbonyl (C=O) groups excluding carboxylic acids is 3. The van der Waals surface area contributed by atoms with Crippen molar-refractivity contribution in [3.63, 3.8) is 0 Å². The molecule has 26 heavy (non-hydrogen) atoms. The number of likely N-dealkylation sites (tertiary alicyclic amines) is 1. The molecular formula is C19H31N3O4. The zero-order valence-corrected chi connectivity index (χ0v) is 16.1. The Morgan fingerprint density at radius 1 is 1.15 bits per heavy atom. The van der Waals surface area contributed by atoms with E-state index in [2.05, 4.69) is 10.6 Å². The Hall–Kier alpha value is -2.05. The van der Waals surface area contributed by atoms with Crippen molar-refractivity contribution in [1.29, 1.82) is 0 Å². The highest BCUT2D eigenvalue weighted by Gasteiger charge is 2.24. The van der Waals surface area contributed by atoms with Crippen LogP contribution in [0.1, 0.15) is 59.3 Å². The molecule has 146 valence electrons. The van der Waals surface area contributed by atoms with Crippen LogP contribution in [0.5, 0.6) is 0 Å². The van der Waals surface area contributed by atoms with Crippen LogP contribution in [0.3, 0.4) is 0 Å². The summed E-state index contributed by atoms with van der Waals surface area (Å²) in [7, 11) is 0. The Kier molecular flexibility index (Phi) is 7.06. The van der Waals surface area contributed by atoms with Crippen molar-refractivity contribution in [2.75, 3.05) is 19.6 Å². The van der Waals surface area contributed by atoms with Crippen LogP contribution in [0.4, 0.5) is 4.79 Å². The van der Waals surface area contributed by atoms with Gasteiger partial charge in [0.25, 0.3) is 0 Å². The molecule has 1 heterocycles. The average Bonchev–Trinajstić information content (AvgIpc) is 3.05. The topological polar surface area (TPSA) is 87.7 Å². The number of hydrogen-bond acceptors (Lipinski definition) is 4. The standard InChI is InChI=1S/C19H31N3O4/c1-19(2,3)26-18(25)20-13-16(23)21-15-8-10-22(11-9-15)17(24)12-14-6-4-5-7-14/h12,15H,4-11,13H2,1-3H3,(H,20,25)(H,21,23). The first-order chi connectivity index (χ1) is 12.2. The summed E-state index contributed by atoms with van der Waals surface area (Å²) >= 11 is 0. The minimum Gasteiger partial charge on any atom is -0.444 e. The van der Waals surface area contributed by atoms with Crippen LogP contribution >= 0.6 is 0 Å². The maximum absolute atomic E-state index is 12.3. The smallest absolute Gasteiger partial charge is 0.408 e. The van der Waals surface area contributed by atoms with E-state index in [0.29, 0.717) is 13.1 Å². The summed E-state index contributed by atoms with van der Waals surface area (Å²) in [5.41, 5.74) is 0.673. The molecule has 1 aliphatic heterocycles. The Morgan fingerprint density at radius 3 is 2.35 bits per heavy atom. The van der Waals surface area contributed by atoms with E-state index in [-0.39, 0.29) is 24.4 Å². The van der Waals surface area contributed by atoms with E-state index in [4.69, 9.17) is 4.74 Å². The lowest BCUT2D eigenvalue weighted by molar-refractivity contribution is -0.127. The first-order valence-electron chi connectivity index (χ1n) is 9.47. The molecule has 3 amide bonds. The van der Waals surface area contributed by atoms with Crippen molar-refractivity contribution in [3.8, 4) is 0 Å². The molecule has 7 nitrogen and oxygen atoms in total. The molecule has 0 atom stereocenters. The molecule has 0 aromatic carbocycles. The predicted octanol–water partition coefficient (Wildman–Crippen LogP) is 2.12. The molecule has 2 rings (SSSR count). The van der Waals surface area contributed by atoms with Crippen molar-refractivity contribution in [3.05, 3.63) is 11.6 Å². The third-order valence-corrected chi connectivity index (χ3v) is 4.54. The van der Waals surface area contributed by atoms with Crippen molar-refractivity contribution in [1.82, 2.24) is 15.5 Å². The lowest BCUT2D eigenvalue weighted by Gasteiger charge is -2.32. The van der Waals surface area contributed by atoms with Crippen LogP contribution in [-0.2, 0) is 14.3 Å². The molecule has 0 bridgehead atoms. The van der Waals surface area contributed by atoms with Gasteiger partial charge < -0.3 is 20.3 Å². The van der Waals surface area contributed by atoms with Crippen LogP contribution in [0.15, 0.2) is 11.6 Å². The van der Waals surface area contributed by atoms with Gasteiger partial charge in [-0.3, -0.25) is 9.59 Å². The van der Waals surface area contributed by atoms with Crippen molar-refractivity contribution in [2.24, 2.45) is 0 Å². The minimum absolute atomic E-state index is 0.0334. The summed E-state index contributed by atoms with van der Waals surface area (Å²) < 4.78 is 5.09. The second kappa shape index (κ2) is 9.05. The van der Waals surface area contributed by atoms with Gasteiger partial charge in [0.2, 0.25) is 11.8 Å². The summed E-state index contributed by atoms with van der Waals surface area (Å²) in [5.74, 6) is -0.146. The van der Waals surface area contributed by atoms with Gasteiger partial charge in [-0.1, -0.05) is 5.57 Å². The summed E-state index contributed by atoms with van der Waals surface area (Å²) in [5, 5.41) is 5.36. The molecule has 1 saturated heterocycles. The van der Waals surface area contributed by atoms with E-state index in [1.54, 1.807) is 26.8 Å². The fourth-order valence-electron chi connectivity index (χ4n) is 3.23. The predicted molar refractivity (Wildman–Crippen MR) is 98.5 cm³/mol. The molecule has 2 N–H and O–H groups in total. The number of nitrogens with one attached hydrogen (secondary N) is 2. The fraction of sp³-hybridized carbons (Fsp3) is 0.737. The third-order valence-electron chi connectivity index (χ3n) is 4.54. The van der Waals surface area contributed by atoms with E-state index >= 15 is 0 Å². The van der Waals surface area contributed by atoms with Gasteiger partial charge in [0.05, 0.1) is 0 Å². The summed E-state index contributed by atoms with van der Waals surface area (Å²) in [4.78, 5) is 37.6. The fourth-order valence-corrected chi connectivity index (χ4v) is 3.23. The summed E-state index contributed by atoms with van der Waals surface area (Å²) in [6.07, 6.45) is 7.12. The monoisotopic (exact) mass is 365 g/mol. The van der Waals surface area contributed by atoms with E-state index in [1.165, 1.54) is 18.4 Å². The Balaban J connectivity index is 1.66. The normalized spacial score (nSPS) is 18.4. The second-order valence-electron chi connectivity index (χ2n) is 8.03. The quantitative estimate of drug-likeness (QED) is 0.747. The molecule has 2 aliphatic rings. The van der Waals surface area contributed by atoms with Crippen LogP contribution in [0.2, 0.25) is 0 Å². The lowest BCUT2D eigenvalue weighted by atomic mass is 10.0. The van der Waals surface area contributed by atoms with Gasteiger partial charge in [0.1, 0.15) is 12.1 Å². The Morgan fingerprint density at radius 2 is 1.77 bits per heavy atom. The SMILES string of the molecule is CC(C)(C)OC(=O)NCC(=O)NC1CCN(C(=O)C=C2CCCC2)CC1. The van der Waals surface area contributed by atoms with E-state index in [1.807, 2.05) is 4.90 Å². The number of ether oxygens (including phenoxy) is 1. The molecule has 0 radical (unpaired) electrons. The first kappa shape index (κ1) is 20.3. The zero-order chi connectivity index (χ0) is 19.2. The number of alkyl carbamates (subject to hydrolysis) is 1. The average molecular weight is 365 g/mol. The molecule has 0 aromatic rings. The van der Waals surface area contributed by atoms with Gasteiger partial charge >= 0.3 is 6.09 Å². The molecule has 7 heteroatoms. The first-order valence-corrected chi connectivity index (χ1v) is 9.47. The van der Waals surface area contributed by atoms with Crippen LogP contribution in [-0.4, -0.2) is 54.1 Å². The highest BCUT2D eigenvalue weighted by molar-refractivity contribution is 5.88. The molecule has 2 fully saturated rings. The van der Waals surface area contributed by atoms with Crippen LogP contribution < -0.4 is 10.6 Å². The number of rotatable bonds is 4.